The largest absolute Gasteiger partial charge is 0.370 e. The summed E-state index contributed by atoms with van der Waals surface area (Å²) in [6.45, 7) is 2.10. The second kappa shape index (κ2) is 7.51. The third-order valence-corrected chi connectivity index (χ3v) is 4.42. The highest BCUT2D eigenvalue weighted by Gasteiger charge is 2.15. The maximum absolute atomic E-state index is 12.3. The number of benzene rings is 2. The molecule has 1 heterocycles. The number of anilines is 3. The first-order valence-electron chi connectivity index (χ1n) is 7.90. The number of rotatable bonds is 3. The van der Waals surface area contributed by atoms with Crippen LogP contribution in [0.25, 0.3) is 0 Å². The smallest absolute Gasteiger partial charge is 0.323 e. The van der Waals surface area contributed by atoms with E-state index in [1.54, 1.807) is 0 Å². The van der Waals surface area contributed by atoms with Crippen LogP contribution in [0.1, 0.15) is 19.3 Å². The van der Waals surface area contributed by atoms with Gasteiger partial charge in [0.15, 0.2) is 0 Å². The number of nitrogens with zero attached hydrogens (tertiary/aromatic N) is 1. The Kier molecular flexibility index (Phi) is 5.18. The normalized spacial score (nSPS) is 14.4. The fourth-order valence-corrected chi connectivity index (χ4v) is 3.24. The Morgan fingerprint density at radius 1 is 0.957 bits per heavy atom. The van der Waals surface area contributed by atoms with E-state index in [0.29, 0.717) is 0 Å². The van der Waals surface area contributed by atoms with Crippen molar-refractivity contribution in [3.05, 3.63) is 53.0 Å². The molecule has 0 radical (unpaired) electrons. The van der Waals surface area contributed by atoms with Crippen molar-refractivity contribution in [1.29, 1.82) is 0 Å². The van der Waals surface area contributed by atoms with Crippen LogP contribution >= 0.6 is 15.9 Å². The first-order valence-corrected chi connectivity index (χ1v) is 8.69. The average Bonchev–Trinajstić information content (AvgIpc) is 2.56. The first-order chi connectivity index (χ1) is 11.2. The number of amides is 2. The molecule has 2 aromatic carbocycles. The van der Waals surface area contributed by atoms with Crippen LogP contribution in [0, 0.1) is 0 Å². The number of urea groups is 1. The Hall–Kier alpha value is -2.01. The minimum atomic E-state index is -0.229. The van der Waals surface area contributed by atoms with Gasteiger partial charge in [-0.2, -0.15) is 0 Å². The molecule has 0 atom stereocenters. The fourth-order valence-electron chi connectivity index (χ4n) is 2.84. The van der Waals surface area contributed by atoms with E-state index in [-0.39, 0.29) is 6.03 Å². The van der Waals surface area contributed by atoms with Gasteiger partial charge in [0.1, 0.15) is 0 Å². The highest BCUT2D eigenvalue weighted by molar-refractivity contribution is 9.10. The Balaban J connectivity index is 1.71. The third kappa shape index (κ3) is 4.26. The molecule has 0 unspecified atom stereocenters. The summed E-state index contributed by atoms with van der Waals surface area (Å²) in [5.74, 6) is 0. The summed E-state index contributed by atoms with van der Waals surface area (Å²) in [6.07, 6.45) is 3.70. The number of piperidine rings is 1. The van der Waals surface area contributed by atoms with Crippen molar-refractivity contribution in [2.45, 2.75) is 19.3 Å². The summed E-state index contributed by atoms with van der Waals surface area (Å²) in [4.78, 5) is 14.6. The molecule has 1 aliphatic rings. The number of halogens is 1. The van der Waals surface area contributed by atoms with Crippen molar-refractivity contribution < 1.29 is 4.79 Å². The summed E-state index contributed by atoms with van der Waals surface area (Å²) < 4.78 is 0.934. The van der Waals surface area contributed by atoms with Gasteiger partial charge in [0.05, 0.1) is 11.4 Å². The minimum Gasteiger partial charge on any atom is -0.370 e. The summed E-state index contributed by atoms with van der Waals surface area (Å²) in [7, 11) is 0. The molecule has 4 nitrogen and oxygen atoms in total. The SMILES string of the molecule is O=C(Nc1cccc(Br)c1)Nc1ccccc1N1CCCCC1. The zero-order valence-electron chi connectivity index (χ0n) is 12.9. The van der Waals surface area contributed by atoms with Gasteiger partial charge in [0, 0.05) is 23.2 Å². The van der Waals surface area contributed by atoms with E-state index in [9.17, 15) is 4.79 Å². The Morgan fingerprint density at radius 2 is 1.74 bits per heavy atom. The van der Waals surface area contributed by atoms with E-state index >= 15 is 0 Å². The van der Waals surface area contributed by atoms with Crippen molar-refractivity contribution in [1.82, 2.24) is 0 Å². The van der Waals surface area contributed by atoms with E-state index in [2.05, 4.69) is 37.5 Å². The molecule has 0 bridgehead atoms. The highest BCUT2D eigenvalue weighted by Crippen LogP contribution is 2.28. The van der Waals surface area contributed by atoms with E-state index < -0.39 is 0 Å². The number of carbonyl (C=O) groups excluding carboxylic acids is 1. The lowest BCUT2D eigenvalue weighted by Gasteiger charge is -2.30. The van der Waals surface area contributed by atoms with Crippen molar-refractivity contribution >= 4 is 39.0 Å². The number of hydrogen-bond donors (Lipinski definition) is 2. The van der Waals surface area contributed by atoms with Crippen molar-refractivity contribution in [2.24, 2.45) is 0 Å². The number of hydrogen-bond acceptors (Lipinski definition) is 2. The maximum atomic E-state index is 12.3. The molecule has 3 rings (SSSR count). The van der Waals surface area contributed by atoms with E-state index in [0.717, 1.165) is 34.6 Å². The summed E-state index contributed by atoms with van der Waals surface area (Å²) >= 11 is 3.40. The van der Waals surface area contributed by atoms with Gasteiger partial charge in [-0.3, -0.25) is 0 Å². The molecule has 2 aromatic rings. The van der Waals surface area contributed by atoms with Gasteiger partial charge < -0.3 is 15.5 Å². The van der Waals surface area contributed by atoms with Gasteiger partial charge in [-0.1, -0.05) is 34.1 Å². The molecule has 2 N–H and O–H groups in total. The molecule has 120 valence electrons. The predicted octanol–water partition coefficient (Wildman–Crippen LogP) is 5.08. The number of para-hydroxylation sites is 2. The summed E-state index contributed by atoms with van der Waals surface area (Å²) in [5.41, 5.74) is 2.70. The van der Waals surface area contributed by atoms with Gasteiger partial charge in [-0.15, -0.1) is 0 Å². The van der Waals surface area contributed by atoms with Crippen molar-refractivity contribution in [3.63, 3.8) is 0 Å². The molecular formula is C18H20BrN3O. The standard InChI is InChI=1S/C18H20BrN3O/c19-14-7-6-8-15(13-14)20-18(23)21-16-9-2-3-10-17(16)22-11-4-1-5-12-22/h2-3,6-10,13H,1,4-5,11-12H2,(H2,20,21,23). The second-order valence-corrected chi connectivity index (χ2v) is 6.57. The van der Waals surface area contributed by atoms with Gasteiger partial charge in [-0.25, -0.2) is 4.79 Å². The maximum Gasteiger partial charge on any atom is 0.323 e. The third-order valence-electron chi connectivity index (χ3n) is 3.93. The van der Waals surface area contributed by atoms with E-state index in [1.807, 2.05) is 42.5 Å². The molecule has 0 spiro atoms. The second-order valence-electron chi connectivity index (χ2n) is 5.65. The number of carbonyl (C=O) groups is 1. The zero-order chi connectivity index (χ0) is 16.1. The van der Waals surface area contributed by atoms with Gasteiger partial charge >= 0.3 is 6.03 Å². The monoisotopic (exact) mass is 373 g/mol. The Morgan fingerprint density at radius 3 is 2.52 bits per heavy atom. The van der Waals surface area contributed by atoms with Crippen molar-refractivity contribution in [2.75, 3.05) is 28.6 Å². The molecule has 0 aliphatic carbocycles. The van der Waals surface area contributed by atoms with Crippen LogP contribution in [-0.2, 0) is 0 Å². The predicted molar refractivity (Wildman–Crippen MR) is 99.3 cm³/mol. The van der Waals surface area contributed by atoms with Gasteiger partial charge in [0.25, 0.3) is 0 Å². The molecule has 2 amide bonds. The van der Waals surface area contributed by atoms with Crippen LogP contribution < -0.4 is 15.5 Å². The van der Waals surface area contributed by atoms with Crippen LogP contribution in [0.4, 0.5) is 21.9 Å². The first kappa shape index (κ1) is 15.9. The van der Waals surface area contributed by atoms with Crippen LogP contribution in [0.2, 0.25) is 0 Å². The quantitative estimate of drug-likeness (QED) is 0.787. The Labute approximate surface area is 145 Å². The van der Waals surface area contributed by atoms with Crippen LogP contribution in [0.3, 0.4) is 0 Å². The van der Waals surface area contributed by atoms with Crippen LogP contribution in [-0.4, -0.2) is 19.1 Å². The van der Waals surface area contributed by atoms with Crippen molar-refractivity contribution in [3.8, 4) is 0 Å². The summed E-state index contributed by atoms with van der Waals surface area (Å²) in [5, 5.41) is 5.83. The zero-order valence-corrected chi connectivity index (χ0v) is 14.5. The molecule has 0 saturated carbocycles. The molecule has 0 aromatic heterocycles. The van der Waals surface area contributed by atoms with Gasteiger partial charge in [0.2, 0.25) is 0 Å². The lowest BCUT2D eigenvalue weighted by atomic mass is 10.1. The molecule has 1 saturated heterocycles. The lowest BCUT2D eigenvalue weighted by Crippen LogP contribution is -2.30. The van der Waals surface area contributed by atoms with Crippen LogP contribution in [0.15, 0.2) is 53.0 Å². The molecule has 5 heteroatoms. The van der Waals surface area contributed by atoms with E-state index in [4.69, 9.17) is 0 Å². The summed E-state index contributed by atoms with van der Waals surface area (Å²) in [6, 6.07) is 15.3. The average molecular weight is 374 g/mol. The van der Waals surface area contributed by atoms with Gasteiger partial charge in [-0.05, 0) is 49.6 Å². The molecular weight excluding hydrogens is 354 g/mol. The minimum absolute atomic E-state index is 0.229. The fraction of sp³-hybridized carbons (Fsp3) is 0.278. The topological polar surface area (TPSA) is 44.4 Å². The molecule has 1 aliphatic heterocycles. The highest BCUT2D eigenvalue weighted by atomic mass is 79.9. The molecule has 1 fully saturated rings. The molecule has 23 heavy (non-hydrogen) atoms. The van der Waals surface area contributed by atoms with E-state index in [1.165, 1.54) is 19.3 Å². The lowest BCUT2D eigenvalue weighted by molar-refractivity contribution is 0.262. The number of nitrogens with one attached hydrogen (secondary N) is 2. The van der Waals surface area contributed by atoms with Crippen LogP contribution in [0.5, 0.6) is 0 Å². The Bertz CT molecular complexity index is 683.